The molecule has 1 aromatic carbocycles. The molecular weight excluding hydrogens is 362 g/mol. The third kappa shape index (κ3) is 6.75. The summed E-state index contributed by atoms with van der Waals surface area (Å²) in [5, 5.41) is 2.55. The van der Waals surface area contributed by atoms with Crippen molar-refractivity contribution in [1.29, 1.82) is 0 Å². The molecule has 28 heavy (non-hydrogen) atoms. The van der Waals surface area contributed by atoms with E-state index >= 15 is 0 Å². The molecule has 1 atom stereocenters. The van der Waals surface area contributed by atoms with Gasteiger partial charge >= 0.3 is 12.2 Å². The Bertz CT molecular complexity index is 679. The fourth-order valence-corrected chi connectivity index (χ4v) is 2.71. The highest BCUT2D eigenvalue weighted by molar-refractivity contribution is 5.85. The zero-order chi connectivity index (χ0) is 20.7. The van der Waals surface area contributed by atoms with Crippen molar-refractivity contribution in [2.45, 2.75) is 45.9 Å². The number of hydrogen-bond acceptors (Lipinski definition) is 5. The highest BCUT2D eigenvalue weighted by Crippen LogP contribution is 2.12. The van der Waals surface area contributed by atoms with Crippen LogP contribution in [0.3, 0.4) is 0 Å². The lowest BCUT2D eigenvalue weighted by Crippen LogP contribution is -2.55. The van der Waals surface area contributed by atoms with Crippen LogP contribution in [-0.4, -0.2) is 65.7 Å². The molecule has 0 radical (unpaired) electrons. The van der Waals surface area contributed by atoms with Gasteiger partial charge in [0.25, 0.3) is 0 Å². The lowest BCUT2D eigenvalue weighted by molar-refractivity contribution is -0.134. The number of nitrogens with zero attached hydrogens (tertiary/aromatic N) is 2. The molecule has 1 N–H and O–H groups in total. The van der Waals surface area contributed by atoms with Crippen LogP contribution in [0, 0.1) is 0 Å². The summed E-state index contributed by atoms with van der Waals surface area (Å²) in [5.74, 6) is -0.208. The van der Waals surface area contributed by atoms with Crippen molar-refractivity contribution >= 4 is 18.1 Å². The first-order chi connectivity index (χ1) is 13.2. The summed E-state index contributed by atoms with van der Waals surface area (Å²) < 4.78 is 10.5. The standard InChI is InChI=1S/C20H29N3O5/c1-15(21-18(25)27-14-16-8-6-5-7-9-16)17(24)22-10-12-23(13-11-22)19(26)28-20(2,3)4/h5-9,15H,10-14H2,1-4H3,(H,21,25)/t15-/m1/s1. The van der Waals surface area contributed by atoms with Gasteiger partial charge in [-0.15, -0.1) is 0 Å². The maximum Gasteiger partial charge on any atom is 0.410 e. The number of amides is 3. The van der Waals surface area contributed by atoms with Gasteiger partial charge in [0.15, 0.2) is 0 Å². The summed E-state index contributed by atoms with van der Waals surface area (Å²) in [6.45, 7) is 8.77. The fraction of sp³-hybridized carbons (Fsp3) is 0.550. The van der Waals surface area contributed by atoms with Crippen LogP contribution in [0.5, 0.6) is 0 Å². The van der Waals surface area contributed by atoms with E-state index in [2.05, 4.69) is 5.32 Å². The van der Waals surface area contributed by atoms with Crippen molar-refractivity contribution in [3.8, 4) is 0 Å². The van der Waals surface area contributed by atoms with Gasteiger partial charge in [-0.25, -0.2) is 9.59 Å². The third-order valence-corrected chi connectivity index (χ3v) is 4.16. The predicted octanol–water partition coefficient (Wildman–Crippen LogP) is 2.38. The summed E-state index contributed by atoms with van der Waals surface area (Å²) in [5.41, 5.74) is 0.317. The summed E-state index contributed by atoms with van der Waals surface area (Å²) in [7, 11) is 0. The molecule has 154 valence electrons. The largest absolute Gasteiger partial charge is 0.445 e. The molecule has 1 aliphatic heterocycles. The molecule has 2 rings (SSSR count). The summed E-state index contributed by atoms with van der Waals surface area (Å²) in [6.07, 6.45) is -1.02. The number of carbonyl (C=O) groups is 3. The van der Waals surface area contributed by atoms with E-state index in [1.165, 1.54) is 0 Å². The highest BCUT2D eigenvalue weighted by Gasteiger charge is 2.30. The van der Waals surface area contributed by atoms with Gasteiger partial charge < -0.3 is 24.6 Å². The third-order valence-electron chi connectivity index (χ3n) is 4.16. The van der Waals surface area contributed by atoms with Gasteiger partial charge in [-0.1, -0.05) is 30.3 Å². The summed E-state index contributed by atoms with van der Waals surface area (Å²) >= 11 is 0. The number of nitrogens with one attached hydrogen (secondary N) is 1. The molecule has 0 aromatic heterocycles. The fourth-order valence-electron chi connectivity index (χ4n) is 2.71. The molecule has 1 aromatic rings. The highest BCUT2D eigenvalue weighted by atomic mass is 16.6. The molecule has 0 unspecified atom stereocenters. The topological polar surface area (TPSA) is 88.2 Å². The average Bonchev–Trinajstić information content (AvgIpc) is 2.65. The molecule has 8 nitrogen and oxygen atoms in total. The van der Waals surface area contributed by atoms with Crippen molar-refractivity contribution in [1.82, 2.24) is 15.1 Å². The molecule has 1 heterocycles. The Labute approximate surface area is 165 Å². The van der Waals surface area contributed by atoms with Gasteiger partial charge in [-0.3, -0.25) is 4.79 Å². The van der Waals surface area contributed by atoms with Crippen LogP contribution in [-0.2, 0) is 20.9 Å². The Kier molecular flexibility index (Phi) is 7.25. The van der Waals surface area contributed by atoms with Gasteiger partial charge in [-0.05, 0) is 33.3 Å². The van der Waals surface area contributed by atoms with Crippen LogP contribution in [0.2, 0.25) is 0 Å². The molecule has 8 heteroatoms. The molecule has 1 saturated heterocycles. The zero-order valence-electron chi connectivity index (χ0n) is 16.9. The molecule has 0 spiro atoms. The van der Waals surface area contributed by atoms with E-state index in [1.807, 2.05) is 51.1 Å². The second-order valence-electron chi connectivity index (χ2n) is 7.72. The minimum atomic E-state index is -0.712. The first-order valence-electron chi connectivity index (χ1n) is 9.39. The lowest BCUT2D eigenvalue weighted by Gasteiger charge is -2.36. The van der Waals surface area contributed by atoms with Gasteiger partial charge in [0.1, 0.15) is 18.2 Å². The van der Waals surface area contributed by atoms with E-state index in [1.54, 1.807) is 16.7 Å². The number of piperazine rings is 1. The monoisotopic (exact) mass is 391 g/mol. The van der Waals surface area contributed by atoms with Crippen molar-refractivity contribution in [2.75, 3.05) is 26.2 Å². The van der Waals surface area contributed by atoms with Crippen LogP contribution in [0.1, 0.15) is 33.3 Å². The van der Waals surface area contributed by atoms with Crippen LogP contribution in [0.4, 0.5) is 9.59 Å². The van der Waals surface area contributed by atoms with Gasteiger partial charge in [0.2, 0.25) is 5.91 Å². The quantitative estimate of drug-likeness (QED) is 0.851. The van der Waals surface area contributed by atoms with E-state index in [0.29, 0.717) is 26.2 Å². The molecular formula is C20H29N3O5. The first-order valence-corrected chi connectivity index (χ1v) is 9.39. The minimum Gasteiger partial charge on any atom is -0.445 e. The molecule has 1 fully saturated rings. The Morgan fingerprint density at radius 1 is 1.04 bits per heavy atom. The van der Waals surface area contributed by atoms with Crippen molar-refractivity contribution in [3.63, 3.8) is 0 Å². The van der Waals surface area contributed by atoms with E-state index in [0.717, 1.165) is 5.56 Å². The number of benzene rings is 1. The zero-order valence-corrected chi connectivity index (χ0v) is 16.9. The number of carbonyl (C=O) groups excluding carboxylic acids is 3. The lowest BCUT2D eigenvalue weighted by atomic mass is 10.2. The van der Waals surface area contributed by atoms with Crippen LogP contribution >= 0.6 is 0 Å². The summed E-state index contributed by atoms with van der Waals surface area (Å²) in [6, 6.07) is 8.60. The van der Waals surface area contributed by atoms with E-state index in [4.69, 9.17) is 9.47 Å². The normalized spacial score (nSPS) is 15.6. The Balaban J connectivity index is 1.74. The number of rotatable bonds is 4. The molecule has 0 bridgehead atoms. The predicted molar refractivity (Wildman–Crippen MR) is 104 cm³/mol. The average molecular weight is 391 g/mol. The van der Waals surface area contributed by atoms with Crippen LogP contribution in [0.15, 0.2) is 30.3 Å². The van der Waals surface area contributed by atoms with Crippen molar-refractivity contribution < 1.29 is 23.9 Å². The summed E-state index contributed by atoms with van der Waals surface area (Å²) in [4.78, 5) is 39.7. The Morgan fingerprint density at radius 2 is 1.61 bits per heavy atom. The maximum atomic E-state index is 12.5. The Hall–Kier alpha value is -2.77. The number of hydrogen-bond donors (Lipinski definition) is 1. The SMILES string of the molecule is C[C@@H](NC(=O)OCc1ccccc1)C(=O)N1CCN(C(=O)OC(C)(C)C)CC1. The molecule has 0 aliphatic carbocycles. The van der Waals surface area contributed by atoms with Crippen molar-refractivity contribution in [2.24, 2.45) is 0 Å². The van der Waals surface area contributed by atoms with Gasteiger partial charge in [-0.2, -0.15) is 0 Å². The molecule has 1 aliphatic rings. The second kappa shape index (κ2) is 9.43. The van der Waals surface area contributed by atoms with Crippen LogP contribution in [0.25, 0.3) is 0 Å². The Morgan fingerprint density at radius 3 is 2.18 bits per heavy atom. The van der Waals surface area contributed by atoms with Crippen molar-refractivity contribution in [3.05, 3.63) is 35.9 Å². The van der Waals surface area contributed by atoms with Gasteiger partial charge in [0.05, 0.1) is 0 Å². The minimum absolute atomic E-state index is 0.141. The van der Waals surface area contributed by atoms with Gasteiger partial charge in [0, 0.05) is 26.2 Å². The van der Waals surface area contributed by atoms with E-state index < -0.39 is 17.7 Å². The smallest absolute Gasteiger partial charge is 0.410 e. The number of ether oxygens (including phenoxy) is 2. The number of alkyl carbamates (subject to hydrolysis) is 1. The second-order valence-corrected chi connectivity index (χ2v) is 7.72. The van der Waals surface area contributed by atoms with Crippen LogP contribution < -0.4 is 5.32 Å². The molecule has 3 amide bonds. The first kappa shape index (κ1) is 21.5. The van der Waals surface area contributed by atoms with E-state index in [-0.39, 0.29) is 18.6 Å². The molecule has 0 saturated carbocycles. The maximum absolute atomic E-state index is 12.5. The van der Waals surface area contributed by atoms with E-state index in [9.17, 15) is 14.4 Å².